The van der Waals surface area contributed by atoms with Crippen molar-refractivity contribution >= 4 is 22.9 Å². The second kappa shape index (κ2) is 7.16. The van der Waals surface area contributed by atoms with Gasteiger partial charge >= 0.3 is 0 Å². The molecule has 0 atom stereocenters. The Balaban J connectivity index is 1.56. The minimum absolute atomic E-state index is 0.250. The van der Waals surface area contributed by atoms with Gasteiger partial charge in [0.15, 0.2) is 5.65 Å². The number of nitrogens with zero attached hydrogens (tertiary/aromatic N) is 3. The molecule has 0 radical (unpaired) electrons. The second-order valence-corrected chi connectivity index (χ2v) is 8.16. The van der Waals surface area contributed by atoms with Gasteiger partial charge in [-0.05, 0) is 30.5 Å². The third kappa shape index (κ3) is 2.96. The van der Waals surface area contributed by atoms with Crippen LogP contribution in [0, 0.1) is 0 Å². The molecule has 2 aliphatic rings. The SMILES string of the molecule is O=c1cc(CO)nc2c(Cl)c(C3(c4ccc(N5CCOCC5)cc4)CCC3)[nH]n12. The van der Waals surface area contributed by atoms with Gasteiger partial charge in [-0.25, -0.2) is 4.98 Å². The Morgan fingerprint density at radius 3 is 2.55 bits per heavy atom. The van der Waals surface area contributed by atoms with E-state index in [2.05, 4.69) is 39.2 Å². The van der Waals surface area contributed by atoms with Crippen LogP contribution in [0.15, 0.2) is 35.1 Å². The molecule has 3 heterocycles. The fraction of sp³-hybridized carbons (Fsp3) is 0.429. The lowest BCUT2D eigenvalue weighted by atomic mass is 9.62. The predicted molar refractivity (Wildman–Crippen MR) is 111 cm³/mol. The van der Waals surface area contributed by atoms with Gasteiger partial charge in [-0.3, -0.25) is 9.89 Å². The van der Waals surface area contributed by atoms with Crippen molar-refractivity contribution in [1.82, 2.24) is 14.6 Å². The van der Waals surface area contributed by atoms with E-state index in [1.54, 1.807) is 0 Å². The number of ether oxygens (including phenoxy) is 1. The van der Waals surface area contributed by atoms with Crippen molar-refractivity contribution in [2.75, 3.05) is 31.2 Å². The maximum atomic E-state index is 12.4. The first-order chi connectivity index (χ1) is 14.1. The molecule has 1 saturated heterocycles. The van der Waals surface area contributed by atoms with Crippen molar-refractivity contribution in [2.24, 2.45) is 0 Å². The number of fused-ring (bicyclic) bond motifs is 1. The number of aromatic nitrogens is 3. The highest BCUT2D eigenvalue weighted by Gasteiger charge is 2.44. The molecular formula is C21H23ClN4O3. The van der Waals surface area contributed by atoms with Crippen molar-refractivity contribution < 1.29 is 9.84 Å². The van der Waals surface area contributed by atoms with Gasteiger partial charge in [-0.15, -0.1) is 0 Å². The Morgan fingerprint density at radius 2 is 1.93 bits per heavy atom. The number of nitrogens with one attached hydrogen (secondary N) is 1. The zero-order valence-electron chi connectivity index (χ0n) is 16.0. The third-order valence-corrected chi connectivity index (χ3v) is 6.61. The van der Waals surface area contributed by atoms with Crippen LogP contribution in [0.25, 0.3) is 5.65 Å². The number of hydrogen-bond donors (Lipinski definition) is 2. The molecule has 1 saturated carbocycles. The maximum Gasteiger partial charge on any atom is 0.273 e. The third-order valence-electron chi connectivity index (χ3n) is 6.25. The average molecular weight is 415 g/mol. The average Bonchev–Trinajstić information content (AvgIpc) is 3.06. The number of benzene rings is 1. The molecule has 0 spiro atoms. The van der Waals surface area contributed by atoms with E-state index in [9.17, 15) is 9.90 Å². The lowest BCUT2D eigenvalue weighted by molar-refractivity contribution is 0.122. The minimum Gasteiger partial charge on any atom is -0.390 e. The van der Waals surface area contributed by atoms with Crippen LogP contribution in [0.5, 0.6) is 0 Å². The molecule has 8 heteroatoms. The smallest absolute Gasteiger partial charge is 0.273 e. The van der Waals surface area contributed by atoms with Crippen molar-refractivity contribution in [3.05, 3.63) is 62.7 Å². The second-order valence-electron chi connectivity index (χ2n) is 7.79. The van der Waals surface area contributed by atoms with Crippen LogP contribution >= 0.6 is 11.6 Å². The first kappa shape index (κ1) is 18.7. The molecule has 0 unspecified atom stereocenters. The first-order valence-corrected chi connectivity index (χ1v) is 10.3. The molecule has 3 aromatic rings. The summed E-state index contributed by atoms with van der Waals surface area (Å²) in [6.45, 7) is 3.03. The fourth-order valence-corrected chi connectivity index (χ4v) is 4.83. The van der Waals surface area contributed by atoms with Gasteiger partial charge in [-0.1, -0.05) is 30.2 Å². The van der Waals surface area contributed by atoms with E-state index >= 15 is 0 Å². The molecule has 5 rings (SSSR count). The molecule has 2 fully saturated rings. The van der Waals surface area contributed by atoms with Gasteiger partial charge < -0.3 is 14.7 Å². The summed E-state index contributed by atoms with van der Waals surface area (Å²) in [5.41, 5.74) is 3.37. The number of hydrogen-bond acceptors (Lipinski definition) is 5. The van der Waals surface area contributed by atoms with Crippen LogP contribution in [0.2, 0.25) is 5.02 Å². The van der Waals surface area contributed by atoms with Crippen molar-refractivity contribution in [3.8, 4) is 0 Å². The number of aromatic amines is 1. The Kier molecular flexibility index (Phi) is 4.61. The number of halogens is 1. The van der Waals surface area contributed by atoms with E-state index in [0.29, 0.717) is 16.4 Å². The standard InChI is InChI=1S/C21H23ClN4O3/c22-18-19(24-26-17(28)12-15(13-27)23-20(18)26)21(6-1-7-21)14-2-4-16(5-3-14)25-8-10-29-11-9-25/h2-5,12,24,27H,1,6-11,13H2. The summed E-state index contributed by atoms with van der Waals surface area (Å²) in [5, 5.41) is 13.0. The van der Waals surface area contributed by atoms with Crippen LogP contribution in [0.3, 0.4) is 0 Å². The molecule has 7 nitrogen and oxygen atoms in total. The maximum absolute atomic E-state index is 12.4. The highest BCUT2D eigenvalue weighted by Crippen LogP contribution is 2.51. The fourth-order valence-electron chi connectivity index (χ4n) is 4.48. The van der Waals surface area contributed by atoms with E-state index in [0.717, 1.165) is 51.3 Å². The Morgan fingerprint density at radius 1 is 1.21 bits per heavy atom. The number of H-pyrrole nitrogens is 1. The van der Waals surface area contributed by atoms with Gasteiger partial charge in [-0.2, -0.15) is 4.52 Å². The monoisotopic (exact) mass is 414 g/mol. The van der Waals surface area contributed by atoms with Crippen LogP contribution in [-0.4, -0.2) is 46.0 Å². The Labute approximate surface area is 172 Å². The number of rotatable bonds is 4. The van der Waals surface area contributed by atoms with E-state index in [1.807, 2.05) is 0 Å². The molecule has 1 aliphatic carbocycles. The lowest BCUT2D eigenvalue weighted by Crippen LogP contribution is -2.37. The quantitative estimate of drug-likeness (QED) is 0.685. The molecule has 2 N–H and O–H groups in total. The van der Waals surface area contributed by atoms with Crippen molar-refractivity contribution in [3.63, 3.8) is 0 Å². The normalized spacial score (nSPS) is 18.8. The highest BCUT2D eigenvalue weighted by atomic mass is 35.5. The molecule has 0 bridgehead atoms. The summed E-state index contributed by atoms with van der Waals surface area (Å²) in [6, 6.07) is 9.98. The minimum atomic E-state index is -0.295. The topological polar surface area (TPSA) is 82.9 Å². The molecule has 1 aromatic carbocycles. The van der Waals surface area contributed by atoms with E-state index < -0.39 is 0 Å². The van der Waals surface area contributed by atoms with Crippen LogP contribution in [0.4, 0.5) is 5.69 Å². The highest BCUT2D eigenvalue weighted by molar-refractivity contribution is 6.34. The summed E-state index contributed by atoms with van der Waals surface area (Å²) in [7, 11) is 0. The Bertz CT molecular complexity index is 1100. The van der Waals surface area contributed by atoms with E-state index in [-0.39, 0.29) is 17.6 Å². The Hall–Kier alpha value is -2.35. The number of anilines is 1. The van der Waals surface area contributed by atoms with E-state index in [1.165, 1.54) is 21.8 Å². The zero-order chi connectivity index (χ0) is 20.0. The molecule has 0 amide bonds. The first-order valence-electron chi connectivity index (χ1n) is 9.97. The molecular weight excluding hydrogens is 392 g/mol. The number of aliphatic hydroxyl groups excluding tert-OH is 1. The zero-order valence-corrected chi connectivity index (χ0v) is 16.8. The van der Waals surface area contributed by atoms with Gasteiger partial charge in [0, 0.05) is 30.3 Å². The van der Waals surface area contributed by atoms with E-state index in [4.69, 9.17) is 16.3 Å². The number of aliphatic hydroxyl groups is 1. The van der Waals surface area contributed by atoms with Gasteiger partial charge in [0.1, 0.15) is 5.02 Å². The van der Waals surface area contributed by atoms with Gasteiger partial charge in [0.25, 0.3) is 5.56 Å². The summed E-state index contributed by atoms with van der Waals surface area (Å²) in [5.74, 6) is 0. The summed E-state index contributed by atoms with van der Waals surface area (Å²) in [4.78, 5) is 19.1. The molecule has 2 aromatic heterocycles. The largest absolute Gasteiger partial charge is 0.390 e. The van der Waals surface area contributed by atoms with Crippen LogP contribution in [0.1, 0.15) is 36.2 Å². The summed E-state index contributed by atoms with van der Waals surface area (Å²) >= 11 is 6.70. The van der Waals surface area contributed by atoms with Gasteiger partial charge in [0.2, 0.25) is 0 Å². The van der Waals surface area contributed by atoms with Gasteiger partial charge in [0.05, 0.1) is 31.2 Å². The number of morpholine rings is 1. The van der Waals surface area contributed by atoms with Crippen LogP contribution in [-0.2, 0) is 16.8 Å². The molecule has 1 aliphatic heterocycles. The van der Waals surface area contributed by atoms with Crippen molar-refractivity contribution in [1.29, 1.82) is 0 Å². The predicted octanol–water partition coefficient (Wildman–Crippen LogP) is 2.47. The van der Waals surface area contributed by atoms with Crippen LogP contribution < -0.4 is 10.5 Å². The summed E-state index contributed by atoms with van der Waals surface area (Å²) in [6.07, 6.45) is 3.01. The molecule has 29 heavy (non-hydrogen) atoms. The summed E-state index contributed by atoms with van der Waals surface area (Å²) < 4.78 is 6.82. The lowest BCUT2D eigenvalue weighted by Gasteiger charge is -2.42. The van der Waals surface area contributed by atoms with Crippen molar-refractivity contribution in [2.45, 2.75) is 31.3 Å². The molecule has 152 valence electrons.